The third kappa shape index (κ3) is 7.03. The normalized spacial score (nSPS) is 15.2. The first kappa shape index (κ1) is 17.5. The summed E-state index contributed by atoms with van der Waals surface area (Å²) in [4.78, 5) is 12.2. The summed E-state index contributed by atoms with van der Waals surface area (Å²) < 4.78 is 5.53. The van der Waals surface area contributed by atoms with Gasteiger partial charge in [0.2, 0.25) is 0 Å². The molecule has 0 aliphatic heterocycles. The van der Waals surface area contributed by atoms with Crippen molar-refractivity contribution >= 4 is 5.97 Å². The van der Waals surface area contributed by atoms with Gasteiger partial charge in [0.25, 0.3) is 0 Å². The van der Waals surface area contributed by atoms with E-state index in [1.165, 1.54) is 25.7 Å². The maximum atomic E-state index is 12.2. The van der Waals surface area contributed by atoms with E-state index >= 15 is 0 Å². The molecule has 0 saturated carbocycles. The van der Waals surface area contributed by atoms with Crippen LogP contribution in [0.5, 0.6) is 0 Å². The van der Waals surface area contributed by atoms with Crippen LogP contribution in [0.25, 0.3) is 0 Å². The van der Waals surface area contributed by atoms with E-state index in [9.17, 15) is 4.79 Å². The molecule has 18 heavy (non-hydrogen) atoms. The Balaban J connectivity index is 4.20. The van der Waals surface area contributed by atoms with Crippen molar-refractivity contribution in [3.05, 3.63) is 0 Å². The molecule has 0 fully saturated rings. The zero-order valence-corrected chi connectivity index (χ0v) is 13.3. The highest BCUT2D eigenvalue weighted by Gasteiger charge is 2.34. The van der Waals surface area contributed by atoms with Crippen LogP contribution in [0, 0.1) is 5.41 Å². The molecule has 0 amide bonds. The van der Waals surface area contributed by atoms with Crippen molar-refractivity contribution in [3.63, 3.8) is 0 Å². The van der Waals surface area contributed by atoms with Gasteiger partial charge in [-0.05, 0) is 40.5 Å². The molecule has 1 atom stereocenters. The Bertz CT molecular complexity index is 240. The smallest absolute Gasteiger partial charge is 0.312 e. The van der Waals surface area contributed by atoms with Crippen molar-refractivity contribution in [2.45, 2.75) is 92.1 Å². The van der Waals surface area contributed by atoms with Gasteiger partial charge in [-0.25, -0.2) is 0 Å². The largest absolute Gasteiger partial charge is 0.460 e. The lowest BCUT2D eigenvalue weighted by molar-refractivity contribution is -0.167. The summed E-state index contributed by atoms with van der Waals surface area (Å²) >= 11 is 0. The lowest BCUT2D eigenvalue weighted by Gasteiger charge is -2.30. The summed E-state index contributed by atoms with van der Waals surface area (Å²) in [6.07, 6.45) is 8.00. The molecule has 0 spiro atoms. The maximum Gasteiger partial charge on any atom is 0.312 e. The SMILES string of the molecule is CCCCCCCC(C)(CC)C(=O)OC(C)(C)C. The van der Waals surface area contributed by atoms with Gasteiger partial charge in [0, 0.05) is 0 Å². The van der Waals surface area contributed by atoms with Crippen LogP contribution in [0.1, 0.15) is 86.5 Å². The van der Waals surface area contributed by atoms with Crippen LogP contribution in [0.3, 0.4) is 0 Å². The number of rotatable bonds is 8. The minimum Gasteiger partial charge on any atom is -0.460 e. The van der Waals surface area contributed by atoms with E-state index in [4.69, 9.17) is 4.74 Å². The highest BCUT2D eigenvalue weighted by molar-refractivity contribution is 5.76. The first-order chi connectivity index (χ1) is 8.25. The lowest BCUT2D eigenvalue weighted by Crippen LogP contribution is -2.35. The van der Waals surface area contributed by atoms with Crippen molar-refractivity contribution < 1.29 is 9.53 Å². The summed E-state index contributed by atoms with van der Waals surface area (Å²) in [5.41, 5.74) is -0.685. The van der Waals surface area contributed by atoms with Crippen molar-refractivity contribution in [1.29, 1.82) is 0 Å². The Morgan fingerprint density at radius 2 is 1.50 bits per heavy atom. The van der Waals surface area contributed by atoms with Gasteiger partial charge in [-0.3, -0.25) is 4.79 Å². The number of carbonyl (C=O) groups excluding carboxylic acids is 1. The molecule has 0 N–H and O–H groups in total. The van der Waals surface area contributed by atoms with Gasteiger partial charge in [0.05, 0.1) is 5.41 Å². The Kier molecular flexibility index (Phi) is 7.58. The van der Waals surface area contributed by atoms with Crippen LogP contribution >= 0.6 is 0 Å². The lowest BCUT2D eigenvalue weighted by atomic mass is 9.82. The Morgan fingerprint density at radius 3 is 1.94 bits per heavy atom. The minimum absolute atomic E-state index is 0.0343. The molecular weight excluding hydrogens is 224 g/mol. The molecule has 0 rings (SSSR count). The summed E-state index contributed by atoms with van der Waals surface area (Å²) in [6, 6.07) is 0. The molecule has 1 unspecified atom stereocenters. The fourth-order valence-electron chi connectivity index (χ4n) is 1.94. The molecule has 0 heterocycles. The van der Waals surface area contributed by atoms with Crippen LogP contribution in [0.2, 0.25) is 0 Å². The number of hydrogen-bond donors (Lipinski definition) is 0. The second-order valence-corrected chi connectivity index (χ2v) is 6.58. The second kappa shape index (κ2) is 7.81. The molecule has 0 aliphatic carbocycles. The van der Waals surface area contributed by atoms with Crippen molar-refractivity contribution in [3.8, 4) is 0 Å². The molecule has 2 nitrogen and oxygen atoms in total. The number of carbonyl (C=O) groups is 1. The summed E-state index contributed by atoms with van der Waals surface area (Å²) in [6.45, 7) is 12.1. The maximum absolute atomic E-state index is 12.2. The molecule has 0 aliphatic rings. The van der Waals surface area contributed by atoms with E-state index in [0.29, 0.717) is 0 Å². The average molecular weight is 256 g/mol. The van der Waals surface area contributed by atoms with E-state index in [1.54, 1.807) is 0 Å². The zero-order valence-electron chi connectivity index (χ0n) is 13.3. The van der Waals surface area contributed by atoms with E-state index in [0.717, 1.165) is 19.3 Å². The number of ether oxygens (including phenoxy) is 1. The summed E-state index contributed by atoms with van der Waals surface area (Å²) in [5.74, 6) is -0.0343. The zero-order chi connectivity index (χ0) is 14.2. The van der Waals surface area contributed by atoms with E-state index < -0.39 is 0 Å². The average Bonchev–Trinajstić information content (AvgIpc) is 2.26. The van der Waals surface area contributed by atoms with Gasteiger partial charge >= 0.3 is 5.97 Å². The van der Waals surface area contributed by atoms with E-state index in [-0.39, 0.29) is 17.0 Å². The van der Waals surface area contributed by atoms with Gasteiger partial charge in [-0.15, -0.1) is 0 Å². The van der Waals surface area contributed by atoms with Crippen LogP contribution in [-0.2, 0) is 9.53 Å². The van der Waals surface area contributed by atoms with Crippen LogP contribution in [-0.4, -0.2) is 11.6 Å². The molecule has 0 aromatic carbocycles. The minimum atomic E-state index is -0.379. The highest BCUT2D eigenvalue weighted by atomic mass is 16.6. The molecule has 0 saturated heterocycles. The fourth-order valence-corrected chi connectivity index (χ4v) is 1.94. The predicted molar refractivity (Wildman–Crippen MR) is 77.6 cm³/mol. The first-order valence-electron chi connectivity index (χ1n) is 7.48. The van der Waals surface area contributed by atoms with Gasteiger partial charge in [-0.1, -0.05) is 46.0 Å². The number of unbranched alkanes of at least 4 members (excludes halogenated alkanes) is 4. The Morgan fingerprint density at radius 1 is 0.944 bits per heavy atom. The molecule has 0 aromatic rings. The molecule has 0 aromatic heterocycles. The van der Waals surface area contributed by atoms with Crippen LogP contribution in [0.15, 0.2) is 0 Å². The number of hydrogen-bond acceptors (Lipinski definition) is 2. The number of esters is 1. The summed E-state index contributed by atoms with van der Waals surface area (Å²) in [7, 11) is 0. The molecule has 2 heteroatoms. The van der Waals surface area contributed by atoms with Crippen LogP contribution in [0.4, 0.5) is 0 Å². The quantitative estimate of drug-likeness (QED) is 0.446. The standard InChI is InChI=1S/C16H32O2/c1-7-9-10-11-12-13-16(6,8-2)14(17)18-15(3,4)5/h7-13H2,1-6H3. The highest BCUT2D eigenvalue weighted by Crippen LogP contribution is 2.31. The fraction of sp³-hybridized carbons (Fsp3) is 0.938. The summed E-state index contributed by atoms with van der Waals surface area (Å²) in [5, 5.41) is 0. The molecular formula is C16H32O2. The van der Waals surface area contributed by atoms with Gasteiger partial charge in [-0.2, -0.15) is 0 Å². The van der Waals surface area contributed by atoms with Gasteiger partial charge < -0.3 is 4.74 Å². The first-order valence-corrected chi connectivity index (χ1v) is 7.48. The second-order valence-electron chi connectivity index (χ2n) is 6.58. The van der Waals surface area contributed by atoms with E-state index in [1.807, 2.05) is 27.7 Å². The molecule has 0 bridgehead atoms. The van der Waals surface area contributed by atoms with Gasteiger partial charge in [0.15, 0.2) is 0 Å². The van der Waals surface area contributed by atoms with Crippen molar-refractivity contribution in [2.75, 3.05) is 0 Å². The topological polar surface area (TPSA) is 26.3 Å². The third-order valence-corrected chi connectivity index (χ3v) is 3.50. The monoisotopic (exact) mass is 256 g/mol. The van der Waals surface area contributed by atoms with Crippen molar-refractivity contribution in [2.24, 2.45) is 5.41 Å². The Labute approximate surface area is 113 Å². The Hall–Kier alpha value is -0.530. The third-order valence-electron chi connectivity index (χ3n) is 3.50. The van der Waals surface area contributed by atoms with Crippen LogP contribution < -0.4 is 0 Å². The molecule has 108 valence electrons. The van der Waals surface area contributed by atoms with E-state index in [2.05, 4.69) is 13.8 Å². The predicted octanol–water partition coefficient (Wildman–Crippen LogP) is 5.10. The van der Waals surface area contributed by atoms with Crippen molar-refractivity contribution in [1.82, 2.24) is 0 Å². The molecule has 0 radical (unpaired) electrons. The van der Waals surface area contributed by atoms with Gasteiger partial charge in [0.1, 0.15) is 5.60 Å².